The van der Waals surface area contributed by atoms with Crippen LogP contribution in [-0.4, -0.2) is 30.3 Å². The van der Waals surface area contributed by atoms with Crippen LogP contribution in [0.4, 0.5) is 11.4 Å². The van der Waals surface area contributed by atoms with Crippen molar-refractivity contribution in [2.45, 2.75) is 25.2 Å². The van der Waals surface area contributed by atoms with Gasteiger partial charge in [-0.3, -0.25) is 19.3 Å². The zero-order valence-corrected chi connectivity index (χ0v) is 20.7. The van der Waals surface area contributed by atoms with E-state index >= 15 is 0 Å². The van der Waals surface area contributed by atoms with E-state index in [0.29, 0.717) is 29.2 Å². The highest BCUT2D eigenvalue weighted by molar-refractivity contribution is 6.30. The first kappa shape index (κ1) is 24.7. The molecular formula is C29H25ClN2O5. The molecule has 3 aromatic rings. The Kier molecular flexibility index (Phi) is 7.06. The normalized spacial score (nSPS) is 20.9. The minimum atomic E-state index is -0.733. The van der Waals surface area contributed by atoms with Gasteiger partial charge in [0.25, 0.3) is 5.91 Å². The molecule has 0 spiro atoms. The lowest BCUT2D eigenvalue weighted by Gasteiger charge is -2.28. The van der Waals surface area contributed by atoms with E-state index in [0.717, 1.165) is 6.42 Å². The number of amides is 3. The van der Waals surface area contributed by atoms with E-state index in [2.05, 4.69) is 17.4 Å². The van der Waals surface area contributed by atoms with Crippen molar-refractivity contribution in [2.75, 3.05) is 16.8 Å². The number of hydrogen-bond acceptors (Lipinski definition) is 5. The summed E-state index contributed by atoms with van der Waals surface area (Å²) in [6.07, 6.45) is 2.12. The van der Waals surface area contributed by atoms with Crippen LogP contribution in [0.5, 0.6) is 0 Å². The zero-order valence-electron chi connectivity index (χ0n) is 19.9. The van der Waals surface area contributed by atoms with Crippen molar-refractivity contribution in [3.05, 3.63) is 95.0 Å². The molecule has 188 valence electrons. The van der Waals surface area contributed by atoms with Gasteiger partial charge in [0.1, 0.15) is 0 Å². The van der Waals surface area contributed by atoms with Crippen molar-refractivity contribution in [1.29, 1.82) is 0 Å². The van der Waals surface area contributed by atoms with Gasteiger partial charge in [-0.1, -0.05) is 54.1 Å². The average Bonchev–Trinajstić information content (AvgIpc) is 3.17. The van der Waals surface area contributed by atoms with E-state index in [1.54, 1.807) is 36.4 Å². The molecule has 37 heavy (non-hydrogen) atoms. The van der Waals surface area contributed by atoms with Crippen LogP contribution < -0.4 is 10.2 Å². The van der Waals surface area contributed by atoms with Crippen LogP contribution in [0.15, 0.2) is 78.9 Å². The largest absolute Gasteiger partial charge is 0.452 e. The first-order chi connectivity index (χ1) is 17.9. The predicted octanol–water partition coefficient (Wildman–Crippen LogP) is 5.21. The topological polar surface area (TPSA) is 92.8 Å². The molecule has 0 unspecified atom stereocenters. The van der Waals surface area contributed by atoms with Gasteiger partial charge in [0, 0.05) is 10.7 Å². The van der Waals surface area contributed by atoms with E-state index in [1.807, 2.05) is 18.2 Å². The quantitative estimate of drug-likeness (QED) is 0.358. The maximum atomic E-state index is 13.3. The number of imide groups is 1. The number of esters is 1. The number of anilines is 2. The smallest absolute Gasteiger partial charge is 0.338 e. The van der Waals surface area contributed by atoms with Gasteiger partial charge in [-0.2, -0.15) is 0 Å². The number of fused-ring (bicyclic) bond motifs is 1. The summed E-state index contributed by atoms with van der Waals surface area (Å²) in [5.74, 6) is -2.21. The fraction of sp³-hybridized carbons (Fsp3) is 0.241. The van der Waals surface area contributed by atoms with E-state index in [4.69, 9.17) is 16.3 Å². The Bertz CT molecular complexity index is 1360. The van der Waals surface area contributed by atoms with Crippen molar-refractivity contribution < 1.29 is 23.9 Å². The molecule has 7 nitrogen and oxygen atoms in total. The number of ether oxygens (including phenoxy) is 1. The van der Waals surface area contributed by atoms with Crippen LogP contribution in [0.2, 0.25) is 5.02 Å². The highest BCUT2D eigenvalue weighted by Gasteiger charge is 2.50. The third kappa shape index (κ3) is 5.27. The monoisotopic (exact) mass is 516 g/mol. The average molecular weight is 517 g/mol. The maximum Gasteiger partial charge on any atom is 0.338 e. The number of rotatable bonds is 6. The number of carbonyl (C=O) groups is 4. The second-order valence-corrected chi connectivity index (χ2v) is 9.77. The number of carbonyl (C=O) groups excluding carboxylic acids is 4. The molecule has 0 radical (unpaired) electrons. The SMILES string of the molecule is O=C(COC(=O)c1cccc(N2C(=O)[C@@H]3CC[C@H](c4ccccc4)C[C@H]3C2=O)c1)Nc1cccc(Cl)c1. The summed E-state index contributed by atoms with van der Waals surface area (Å²) in [7, 11) is 0. The molecule has 3 amide bonds. The molecule has 2 fully saturated rings. The Morgan fingerprint density at radius 1 is 0.892 bits per heavy atom. The van der Waals surface area contributed by atoms with E-state index in [1.165, 1.54) is 22.6 Å². The molecule has 2 aliphatic rings. The van der Waals surface area contributed by atoms with Gasteiger partial charge in [0.05, 0.1) is 23.1 Å². The summed E-state index contributed by atoms with van der Waals surface area (Å²) in [6, 6.07) is 22.9. The molecule has 1 heterocycles. The van der Waals surface area contributed by atoms with Gasteiger partial charge in [-0.25, -0.2) is 4.79 Å². The first-order valence-electron chi connectivity index (χ1n) is 12.2. The minimum Gasteiger partial charge on any atom is -0.452 e. The summed E-state index contributed by atoms with van der Waals surface area (Å²) in [5, 5.41) is 3.07. The van der Waals surface area contributed by atoms with Crippen LogP contribution in [0, 0.1) is 11.8 Å². The zero-order chi connectivity index (χ0) is 25.9. The molecular weight excluding hydrogens is 492 g/mol. The fourth-order valence-electron chi connectivity index (χ4n) is 5.21. The predicted molar refractivity (Wildman–Crippen MR) is 139 cm³/mol. The molecule has 0 aromatic heterocycles. The van der Waals surface area contributed by atoms with Crippen molar-refractivity contribution in [3.63, 3.8) is 0 Å². The summed E-state index contributed by atoms with van der Waals surface area (Å²) in [6.45, 7) is -0.498. The Hall–Kier alpha value is -3.97. The Morgan fingerprint density at radius 3 is 2.43 bits per heavy atom. The fourth-order valence-corrected chi connectivity index (χ4v) is 5.40. The maximum absolute atomic E-state index is 13.3. The molecule has 1 aliphatic carbocycles. The van der Waals surface area contributed by atoms with E-state index < -0.39 is 18.5 Å². The number of benzene rings is 3. The van der Waals surface area contributed by atoms with E-state index in [9.17, 15) is 19.2 Å². The Balaban J connectivity index is 1.24. The molecule has 1 saturated heterocycles. The lowest BCUT2D eigenvalue weighted by Crippen LogP contribution is -2.31. The molecule has 1 aliphatic heterocycles. The van der Waals surface area contributed by atoms with Crippen molar-refractivity contribution in [3.8, 4) is 0 Å². The van der Waals surface area contributed by atoms with Crippen LogP contribution in [0.3, 0.4) is 0 Å². The molecule has 3 aromatic carbocycles. The molecule has 8 heteroatoms. The summed E-state index contributed by atoms with van der Waals surface area (Å²) in [4.78, 5) is 52.6. The summed E-state index contributed by atoms with van der Waals surface area (Å²) >= 11 is 5.91. The van der Waals surface area contributed by atoms with Gasteiger partial charge in [-0.05, 0) is 67.1 Å². The molecule has 1 saturated carbocycles. The second-order valence-electron chi connectivity index (χ2n) is 9.33. The molecule has 5 rings (SSSR count). The van der Waals surface area contributed by atoms with Gasteiger partial charge in [0.2, 0.25) is 11.8 Å². The lowest BCUT2D eigenvalue weighted by atomic mass is 9.73. The first-order valence-corrected chi connectivity index (χ1v) is 12.5. The van der Waals surface area contributed by atoms with Gasteiger partial charge >= 0.3 is 5.97 Å². The Labute approximate surface area is 219 Å². The minimum absolute atomic E-state index is 0.144. The number of nitrogens with one attached hydrogen (secondary N) is 1. The second kappa shape index (κ2) is 10.6. The number of hydrogen-bond donors (Lipinski definition) is 1. The summed E-state index contributed by atoms with van der Waals surface area (Å²) < 4.78 is 5.15. The van der Waals surface area contributed by atoms with Crippen molar-refractivity contribution in [1.82, 2.24) is 0 Å². The summed E-state index contributed by atoms with van der Waals surface area (Å²) in [5.41, 5.74) is 2.14. The molecule has 0 bridgehead atoms. The molecule has 3 atom stereocenters. The third-order valence-corrected chi connectivity index (χ3v) is 7.21. The van der Waals surface area contributed by atoms with Gasteiger partial charge < -0.3 is 10.1 Å². The number of halogens is 1. The van der Waals surface area contributed by atoms with Crippen molar-refractivity contribution in [2.24, 2.45) is 11.8 Å². The number of nitrogens with zero attached hydrogens (tertiary/aromatic N) is 1. The third-order valence-electron chi connectivity index (χ3n) is 6.98. The van der Waals surface area contributed by atoms with Crippen molar-refractivity contribution >= 4 is 46.7 Å². The van der Waals surface area contributed by atoms with Crippen LogP contribution in [0.1, 0.15) is 41.1 Å². The van der Waals surface area contributed by atoms with E-state index in [-0.39, 0.29) is 35.1 Å². The van der Waals surface area contributed by atoms with Gasteiger partial charge in [-0.15, -0.1) is 0 Å². The highest BCUT2D eigenvalue weighted by atomic mass is 35.5. The van der Waals surface area contributed by atoms with Crippen LogP contribution in [-0.2, 0) is 19.1 Å². The standard InChI is InChI=1S/C29H25ClN2O5/c30-21-9-5-10-22(16-21)31-26(33)17-37-29(36)20-8-4-11-23(14-20)32-27(34)24-13-12-19(15-25(24)28(32)35)18-6-2-1-3-7-18/h1-11,14,16,19,24-25H,12-13,15,17H2,(H,31,33)/t19-,24+,25+/m0/s1. The highest BCUT2D eigenvalue weighted by Crippen LogP contribution is 2.45. The molecule has 1 N–H and O–H groups in total. The lowest BCUT2D eigenvalue weighted by molar-refractivity contribution is -0.122. The van der Waals surface area contributed by atoms with Gasteiger partial charge in [0.15, 0.2) is 6.61 Å². The van der Waals surface area contributed by atoms with Crippen LogP contribution in [0.25, 0.3) is 0 Å². The van der Waals surface area contributed by atoms with Crippen LogP contribution >= 0.6 is 11.6 Å². The Morgan fingerprint density at radius 2 is 1.65 bits per heavy atom.